The first kappa shape index (κ1) is 14.9. The number of nitrogens with two attached hydrogens (primary N) is 1. The van der Waals surface area contributed by atoms with Gasteiger partial charge in [-0.15, -0.1) is 0 Å². The van der Waals surface area contributed by atoms with E-state index in [2.05, 4.69) is 10.3 Å². The lowest BCUT2D eigenvalue weighted by atomic mass is 10.2. The lowest BCUT2D eigenvalue weighted by molar-refractivity contribution is -0.124. The lowest BCUT2D eigenvalue weighted by Crippen LogP contribution is -2.54. The summed E-state index contributed by atoms with van der Waals surface area (Å²) in [5.41, 5.74) is 6.31. The molecule has 1 fully saturated rings. The van der Waals surface area contributed by atoms with Crippen molar-refractivity contribution in [3.05, 3.63) is 17.3 Å². The molecule has 1 aromatic rings. The van der Waals surface area contributed by atoms with E-state index < -0.39 is 6.04 Å². The third kappa shape index (κ3) is 3.52. The van der Waals surface area contributed by atoms with Crippen LogP contribution in [-0.2, 0) is 9.53 Å². The molecule has 20 heavy (non-hydrogen) atoms. The highest BCUT2D eigenvalue weighted by Gasteiger charge is 2.30. The number of amides is 1. The number of ether oxygens (including phenoxy) is 1. The van der Waals surface area contributed by atoms with Crippen molar-refractivity contribution in [3.8, 4) is 0 Å². The fourth-order valence-corrected chi connectivity index (χ4v) is 2.32. The van der Waals surface area contributed by atoms with Gasteiger partial charge in [0.25, 0.3) is 0 Å². The summed E-state index contributed by atoms with van der Waals surface area (Å²) >= 11 is 5.93. The monoisotopic (exact) mass is 298 g/mol. The van der Waals surface area contributed by atoms with E-state index in [0.29, 0.717) is 43.0 Å². The molecule has 0 aliphatic carbocycles. The van der Waals surface area contributed by atoms with Gasteiger partial charge in [0, 0.05) is 24.8 Å². The van der Waals surface area contributed by atoms with Gasteiger partial charge in [-0.05, 0) is 12.5 Å². The molecule has 0 spiro atoms. The Morgan fingerprint density at radius 1 is 1.65 bits per heavy atom. The number of carbonyl (C=O) groups is 1. The van der Waals surface area contributed by atoms with Crippen LogP contribution in [0.2, 0.25) is 5.15 Å². The van der Waals surface area contributed by atoms with Crippen LogP contribution in [0.5, 0.6) is 0 Å². The van der Waals surface area contributed by atoms with Crippen molar-refractivity contribution >= 4 is 29.0 Å². The summed E-state index contributed by atoms with van der Waals surface area (Å²) in [6.07, 6.45) is 0.891. The maximum absolute atomic E-state index is 12.2. The number of nitrogens with one attached hydrogen (secondary N) is 1. The fraction of sp³-hybridized carbons (Fsp3) is 0.538. The zero-order chi connectivity index (χ0) is 14.5. The van der Waals surface area contributed by atoms with E-state index >= 15 is 0 Å². The average Bonchev–Trinajstić information content (AvgIpc) is 2.43. The van der Waals surface area contributed by atoms with Crippen LogP contribution in [-0.4, -0.2) is 43.2 Å². The molecule has 2 rings (SSSR count). The van der Waals surface area contributed by atoms with E-state index in [1.807, 2.05) is 11.8 Å². The molecule has 1 aliphatic heterocycles. The van der Waals surface area contributed by atoms with Gasteiger partial charge in [0.1, 0.15) is 17.0 Å². The maximum atomic E-state index is 12.2. The van der Waals surface area contributed by atoms with Crippen LogP contribution in [0.15, 0.2) is 12.1 Å². The van der Waals surface area contributed by atoms with Crippen LogP contribution < -0.4 is 16.0 Å². The van der Waals surface area contributed by atoms with E-state index in [1.165, 1.54) is 0 Å². The highest BCUT2D eigenvalue weighted by atomic mass is 35.5. The van der Waals surface area contributed by atoms with Crippen LogP contribution in [0, 0.1) is 0 Å². The Morgan fingerprint density at radius 3 is 3.15 bits per heavy atom. The minimum Gasteiger partial charge on any atom is -0.399 e. The molecule has 3 N–H and O–H groups in total. The number of nitrogens with zero attached hydrogens (tertiary/aromatic N) is 2. The molecule has 0 saturated carbocycles. The number of carbonyl (C=O) groups excluding carboxylic acids is 1. The Kier molecular flexibility index (Phi) is 5.03. The van der Waals surface area contributed by atoms with Crippen molar-refractivity contribution in [3.63, 3.8) is 0 Å². The standard InChI is InChI=1S/C13H19ClN4O2/c1-2-3-16-13(19)10-8-20-5-4-18(10)12-7-9(15)6-11(14)17-12/h6-7,10H,2-5,8H2,1H3,(H2,15,17)(H,16,19). The molecular weight excluding hydrogens is 280 g/mol. The molecule has 110 valence electrons. The minimum atomic E-state index is -0.402. The van der Waals surface area contributed by atoms with Crippen LogP contribution >= 0.6 is 11.6 Å². The molecule has 1 aromatic heterocycles. The third-order valence-electron chi connectivity index (χ3n) is 3.08. The van der Waals surface area contributed by atoms with Gasteiger partial charge in [-0.2, -0.15) is 0 Å². The SMILES string of the molecule is CCCNC(=O)C1COCCN1c1cc(N)cc(Cl)n1. The Morgan fingerprint density at radius 2 is 2.45 bits per heavy atom. The average molecular weight is 299 g/mol. The van der Waals surface area contributed by atoms with Gasteiger partial charge in [0.05, 0.1) is 13.2 Å². The molecular formula is C13H19ClN4O2. The summed E-state index contributed by atoms with van der Waals surface area (Å²) in [5.74, 6) is 0.543. The molecule has 0 bridgehead atoms. The first-order valence-corrected chi connectivity index (χ1v) is 7.04. The summed E-state index contributed by atoms with van der Waals surface area (Å²) in [5, 5.41) is 3.20. The van der Waals surface area contributed by atoms with Crippen molar-refractivity contribution in [2.24, 2.45) is 0 Å². The van der Waals surface area contributed by atoms with Crippen molar-refractivity contribution in [1.82, 2.24) is 10.3 Å². The first-order valence-electron chi connectivity index (χ1n) is 6.67. The second-order valence-corrected chi connectivity index (χ2v) is 5.04. The number of nitrogen functional groups attached to an aromatic ring is 1. The second-order valence-electron chi connectivity index (χ2n) is 4.66. The van der Waals surface area contributed by atoms with Gasteiger partial charge in [0.15, 0.2) is 0 Å². The number of rotatable bonds is 4. The summed E-state index contributed by atoms with van der Waals surface area (Å²) in [6, 6.07) is 2.90. The third-order valence-corrected chi connectivity index (χ3v) is 3.27. The molecule has 2 heterocycles. The Bertz CT molecular complexity index is 463. The van der Waals surface area contributed by atoms with Gasteiger partial charge < -0.3 is 20.7 Å². The molecule has 6 nitrogen and oxygen atoms in total. The van der Waals surface area contributed by atoms with Crippen LogP contribution in [0.4, 0.5) is 11.5 Å². The van der Waals surface area contributed by atoms with E-state index in [1.54, 1.807) is 12.1 Å². The van der Waals surface area contributed by atoms with Gasteiger partial charge >= 0.3 is 0 Å². The molecule has 7 heteroatoms. The number of halogens is 1. The van der Waals surface area contributed by atoms with E-state index in [-0.39, 0.29) is 5.91 Å². The number of aromatic nitrogens is 1. The molecule has 1 unspecified atom stereocenters. The Labute approximate surface area is 123 Å². The number of pyridine rings is 1. The second kappa shape index (κ2) is 6.76. The molecule has 0 aromatic carbocycles. The lowest BCUT2D eigenvalue weighted by Gasteiger charge is -2.35. The number of morpholine rings is 1. The van der Waals surface area contributed by atoms with Gasteiger partial charge in [0.2, 0.25) is 5.91 Å². The smallest absolute Gasteiger partial charge is 0.245 e. The maximum Gasteiger partial charge on any atom is 0.245 e. The zero-order valence-electron chi connectivity index (χ0n) is 11.4. The van der Waals surface area contributed by atoms with Crippen molar-refractivity contribution < 1.29 is 9.53 Å². The molecule has 1 aliphatic rings. The fourth-order valence-electron chi connectivity index (χ4n) is 2.11. The van der Waals surface area contributed by atoms with Gasteiger partial charge in [-0.25, -0.2) is 4.98 Å². The zero-order valence-corrected chi connectivity index (χ0v) is 12.2. The quantitative estimate of drug-likeness (QED) is 0.812. The van der Waals surface area contributed by atoms with Crippen LogP contribution in [0.1, 0.15) is 13.3 Å². The molecule has 1 atom stereocenters. The first-order chi connectivity index (χ1) is 9.61. The van der Waals surface area contributed by atoms with Crippen molar-refractivity contribution in [2.75, 3.05) is 36.9 Å². The number of hydrogen-bond acceptors (Lipinski definition) is 5. The number of hydrogen-bond donors (Lipinski definition) is 2. The van der Waals surface area contributed by atoms with Gasteiger partial charge in [-0.3, -0.25) is 4.79 Å². The highest BCUT2D eigenvalue weighted by Crippen LogP contribution is 2.23. The van der Waals surface area contributed by atoms with E-state index in [9.17, 15) is 4.79 Å². The summed E-state index contributed by atoms with van der Waals surface area (Å²) < 4.78 is 5.40. The highest BCUT2D eigenvalue weighted by molar-refractivity contribution is 6.29. The predicted molar refractivity (Wildman–Crippen MR) is 78.9 cm³/mol. The largest absolute Gasteiger partial charge is 0.399 e. The molecule has 0 radical (unpaired) electrons. The Hall–Kier alpha value is -1.53. The molecule has 1 amide bonds. The van der Waals surface area contributed by atoms with E-state index in [4.69, 9.17) is 22.1 Å². The Balaban J connectivity index is 2.19. The van der Waals surface area contributed by atoms with Crippen molar-refractivity contribution in [1.29, 1.82) is 0 Å². The van der Waals surface area contributed by atoms with E-state index in [0.717, 1.165) is 6.42 Å². The molecule has 1 saturated heterocycles. The van der Waals surface area contributed by atoms with Crippen LogP contribution in [0.25, 0.3) is 0 Å². The topological polar surface area (TPSA) is 80.5 Å². The predicted octanol–water partition coefficient (Wildman–Crippen LogP) is 1.05. The summed E-state index contributed by atoms with van der Waals surface area (Å²) in [4.78, 5) is 18.3. The number of anilines is 2. The normalized spacial score (nSPS) is 18.9. The van der Waals surface area contributed by atoms with Crippen LogP contribution in [0.3, 0.4) is 0 Å². The summed E-state index contributed by atoms with van der Waals surface area (Å²) in [7, 11) is 0. The summed E-state index contributed by atoms with van der Waals surface area (Å²) in [6.45, 7) is 4.12. The van der Waals surface area contributed by atoms with Gasteiger partial charge in [-0.1, -0.05) is 18.5 Å². The van der Waals surface area contributed by atoms with Crippen molar-refractivity contribution in [2.45, 2.75) is 19.4 Å². The minimum absolute atomic E-state index is 0.0631.